The monoisotopic (exact) mass is 652 g/mol. The fraction of sp³-hybridized carbons (Fsp3) is 0.259. The summed E-state index contributed by atoms with van der Waals surface area (Å²) in [6.45, 7) is 0.749. The molecule has 1 amide bonds. The first-order chi connectivity index (χ1) is 21.2. The Labute approximate surface area is 262 Å². The maximum Gasteiger partial charge on any atom is 0.352 e. The quantitative estimate of drug-likeness (QED) is 0.0606. The fourth-order valence-corrected chi connectivity index (χ4v) is 8.06. The van der Waals surface area contributed by atoms with Gasteiger partial charge in [-0.25, -0.2) is 14.8 Å². The molecule has 1 fully saturated rings. The zero-order chi connectivity index (χ0) is 31.1. The molecular formula is C27H26N9O5S3+. The molecule has 17 heteroatoms. The molecule has 6 heterocycles. The topological polar surface area (TPSA) is 207 Å². The summed E-state index contributed by atoms with van der Waals surface area (Å²) in [5.74, 6) is -2.48. The first-order valence-corrected chi connectivity index (χ1v) is 16.0. The number of carbonyl (C=O) groups is 3. The Bertz CT molecular complexity index is 1890. The summed E-state index contributed by atoms with van der Waals surface area (Å²) in [5.41, 5.74) is 14.3. The number of aromatic nitrogens is 4. The molecule has 2 aliphatic rings. The predicted octanol–water partition coefficient (Wildman–Crippen LogP) is 1.64. The number of amidine groups is 1. The van der Waals surface area contributed by atoms with Crippen LogP contribution >= 0.6 is 34.4 Å². The van der Waals surface area contributed by atoms with Gasteiger partial charge >= 0.3 is 5.97 Å². The van der Waals surface area contributed by atoms with Crippen LogP contribution in [0.25, 0.3) is 11.0 Å². The number of rotatable bonds is 11. The second-order valence-electron chi connectivity index (χ2n) is 9.98. The van der Waals surface area contributed by atoms with Crippen LogP contribution in [-0.2, 0) is 32.3 Å². The standard InChI is InChI=1S/C27H25N9O5S3/c1-41-33-21(15-11-44-27(30)32-15)19(37)7-14-24(38)36-22(26(39)40)13(10-43-25(14)36)8-34-5-2-3-17-18(34)4-6-35(17)9-20-31-16(12-42-20)23(28)29/h2-6,11-12,14,25H,7-10H2,1H3,(H5-,28,29,30,32,39,40)/p+1/b33-21-/t14-,25-/m1/s1. The lowest BCUT2D eigenvalue weighted by Crippen LogP contribution is -2.62. The van der Waals surface area contributed by atoms with Gasteiger partial charge in [0, 0.05) is 46.8 Å². The first-order valence-electron chi connectivity index (χ1n) is 13.2. The van der Waals surface area contributed by atoms with Crippen LogP contribution in [0.15, 0.2) is 57.8 Å². The van der Waals surface area contributed by atoms with Gasteiger partial charge in [-0.15, -0.1) is 34.4 Å². The summed E-state index contributed by atoms with van der Waals surface area (Å²) in [4.78, 5) is 53.6. The smallest absolute Gasteiger partial charge is 0.352 e. The maximum absolute atomic E-state index is 13.3. The number of pyridine rings is 1. The number of hydrogen-bond donors (Lipinski definition) is 4. The average Bonchev–Trinajstić information content (AvgIpc) is 3.75. The highest BCUT2D eigenvalue weighted by atomic mass is 32.2. The Morgan fingerprint density at radius 3 is 2.73 bits per heavy atom. The van der Waals surface area contributed by atoms with Gasteiger partial charge in [-0.3, -0.25) is 19.9 Å². The Morgan fingerprint density at radius 1 is 1.25 bits per heavy atom. The zero-order valence-electron chi connectivity index (χ0n) is 23.2. The molecule has 226 valence electrons. The van der Waals surface area contributed by atoms with Crippen LogP contribution in [0, 0.1) is 11.3 Å². The number of ketones is 1. The number of thiazole rings is 2. The Balaban J connectivity index is 1.22. The van der Waals surface area contributed by atoms with Gasteiger partial charge in [-0.2, -0.15) is 4.57 Å². The van der Waals surface area contributed by atoms with Gasteiger partial charge in [0.25, 0.3) is 0 Å². The van der Waals surface area contributed by atoms with E-state index in [1.165, 1.54) is 35.1 Å². The number of hydrogen-bond acceptors (Lipinski definition) is 12. The molecular weight excluding hydrogens is 627 g/mol. The Hall–Kier alpha value is -4.61. The van der Waals surface area contributed by atoms with Crippen molar-refractivity contribution in [1.29, 1.82) is 5.41 Å². The van der Waals surface area contributed by atoms with Crippen molar-refractivity contribution in [1.82, 2.24) is 19.4 Å². The summed E-state index contributed by atoms with van der Waals surface area (Å²) in [5, 5.41) is 25.5. The number of nitrogens with one attached hydrogen (secondary N) is 1. The minimum atomic E-state index is -1.20. The summed E-state index contributed by atoms with van der Waals surface area (Å²) in [7, 11) is 1.31. The number of aliphatic carboxylic acids is 1. The number of carbonyl (C=O) groups excluding carboxylic acids is 2. The molecule has 4 aromatic rings. The molecule has 0 unspecified atom stereocenters. The van der Waals surface area contributed by atoms with E-state index < -0.39 is 29.0 Å². The molecule has 0 aromatic carbocycles. The van der Waals surface area contributed by atoms with Gasteiger partial charge in [0.1, 0.15) is 40.6 Å². The predicted molar refractivity (Wildman–Crippen MR) is 165 cm³/mol. The summed E-state index contributed by atoms with van der Waals surface area (Å²) >= 11 is 4.00. The fourth-order valence-electron chi connectivity index (χ4n) is 5.31. The van der Waals surface area contributed by atoms with E-state index in [-0.39, 0.29) is 41.0 Å². The van der Waals surface area contributed by atoms with E-state index in [1.54, 1.807) is 10.8 Å². The van der Waals surface area contributed by atoms with E-state index in [0.717, 1.165) is 27.4 Å². The lowest BCUT2D eigenvalue weighted by atomic mass is 9.89. The number of Topliss-reactive ketones (excluding diaryl/α,β-unsaturated/α-hetero) is 1. The lowest BCUT2D eigenvalue weighted by Gasteiger charge is -2.49. The summed E-state index contributed by atoms with van der Waals surface area (Å²) < 4.78 is 3.97. The molecule has 6 N–H and O–H groups in total. The molecule has 1 saturated heterocycles. The molecule has 4 aromatic heterocycles. The summed E-state index contributed by atoms with van der Waals surface area (Å²) in [6.07, 6.45) is 3.63. The van der Waals surface area contributed by atoms with Crippen molar-refractivity contribution in [3.05, 3.63) is 69.0 Å². The largest absolute Gasteiger partial charge is 0.477 e. The Morgan fingerprint density at radius 2 is 2.05 bits per heavy atom. The number of β-lactam (4-membered cyclic amide) rings is 1. The molecule has 0 bridgehead atoms. The van der Waals surface area contributed by atoms with Gasteiger partial charge in [0.2, 0.25) is 11.4 Å². The Kier molecular flexibility index (Phi) is 7.91. The number of thioether (sulfide) groups is 1. The minimum absolute atomic E-state index is 0.0345. The third-order valence-electron chi connectivity index (χ3n) is 7.28. The molecule has 0 radical (unpaired) electrons. The SMILES string of the molecule is CO/N=C(\C(=O)C[C@@H]1C(=O)N2C(C(=O)O)=C(C[n+]3cccc4c3ccn4Cc3nc(C(=N)N)cs3)CS[C@H]12)c1csc(N)n1. The number of amides is 1. The first kappa shape index (κ1) is 29.5. The molecule has 6 rings (SSSR count). The third kappa shape index (κ3) is 5.33. The highest BCUT2D eigenvalue weighted by Crippen LogP contribution is 2.45. The number of oxime groups is 1. The van der Waals surface area contributed by atoms with E-state index in [9.17, 15) is 19.5 Å². The van der Waals surface area contributed by atoms with Crippen molar-refractivity contribution in [3.8, 4) is 0 Å². The molecule has 2 aliphatic heterocycles. The van der Waals surface area contributed by atoms with E-state index in [1.807, 2.05) is 39.7 Å². The highest BCUT2D eigenvalue weighted by Gasteiger charge is 2.54. The van der Waals surface area contributed by atoms with Crippen molar-refractivity contribution in [2.45, 2.75) is 24.9 Å². The van der Waals surface area contributed by atoms with Crippen molar-refractivity contribution >= 4 is 79.8 Å². The molecule has 0 aliphatic carbocycles. The van der Waals surface area contributed by atoms with Crippen molar-refractivity contribution in [2.75, 3.05) is 18.6 Å². The van der Waals surface area contributed by atoms with Crippen molar-refractivity contribution in [3.63, 3.8) is 0 Å². The van der Waals surface area contributed by atoms with E-state index in [2.05, 4.69) is 15.1 Å². The van der Waals surface area contributed by atoms with Crippen LogP contribution in [0.5, 0.6) is 0 Å². The second kappa shape index (κ2) is 11.8. The van der Waals surface area contributed by atoms with Crippen LogP contribution in [-0.4, -0.2) is 72.0 Å². The highest BCUT2D eigenvalue weighted by molar-refractivity contribution is 8.00. The van der Waals surface area contributed by atoms with Crippen LogP contribution in [0.1, 0.15) is 22.8 Å². The van der Waals surface area contributed by atoms with E-state index in [0.29, 0.717) is 23.6 Å². The van der Waals surface area contributed by atoms with Crippen LogP contribution in [0.2, 0.25) is 0 Å². The van der Waals surface area contributed by atoms with Crippen LogP contribution in [0.3, 0.4) is 0 Å². The number of nitrogen functional groups attached to an aromatic ring is 2. The molecule has 0 spiro atoms. The van der Waals surface area contributed by atoms with E-state index >= 15 is 0 Å². The van der Waals surface area contributed by atoms with E-state index in [4.69, 9.17) is 21.7 Å². The number of fused-ring (bicyclic) bond motifs is 2. The van der Waals surface area contributed by atoms with Gasteiger partial charge in [0.05, 0.1) is 17.8 Å². The molecule has 44 heavy (non-hydrogen) atoms. The minimum Gasteiger partial charge on any atom is -0.477 e. The third-order valence-corrected chi connectivity index (χ3v) is 10.2. The van der Waals surface area contributed by atoms with Crippen LogP contribution in [0.4, 0.5) is 5.13 Å². The van der Waals surface area contributed by atoms with Crippen LogP contribution < -0.4 is 16.0 Å². The van der Waals surface area contributed by atoms with Gasteiger partial charge in [-0.05, 0) is 6.07 Å². The number of anilines is 1. The lowest BCUT2D eigenvalue weighted by molar-refractivity contribution is -0.663. The number of carboxylic acids is 1. The van der Waals surface area contributed by atoms with Crippen molar-refractivity contribution in [2.24, 2.45) is 16.8 Å². The van der Waals surface area contributed by atoms with Gasteiger partial charge in [0.15, 0.2) is 29.4 Å². The van der Waals surface area contributed by atoms with Gasteiger partial charge in [-0.1, -0.05) is 5.16 Å². The zero-order valence-corrected chi connectivity index (χ0v) is 25.6. The number of nitrogens with two attached hydrogens (primary N) is 2. The second-order valence-corrected chi connectivity index (χ2v) is 12.9. The summed E-state index contributed by atoms with van der Waals surface area (Å²) in [6, 6.07) is 5.79. The average molecular weight is 653 g/mol. The maximum atomic E-state index is 13.3. The normalized spacial score (nSPS) is 18.3. The van der Waals surface area contributed by atoms with Gasteiger partial charge < -0.3 is 26.0 Å². The van der Waals surface area contributed by atoms with Crippen molar-refractivity contribution < 1.29 is 28.9 Å². The number of nitrogens with zero attached hydrogens (tertiary/aromatic N) is 6. The molecule has 2 atom stereocenters. The number of carboxylic acid groups (broad SMARTS) is 1. The molecule has 14 nitrogen and oxygen atoms in total. The molecule has 0 saturated carbocycles.